The van der Waals surface area contributed by atoms with Gasteiger partial charge in [0.15, 0.2) is 0 Å². The van der Waals surface area contributed by atoms with Gasteiger partial charge in [0.1, 0.15) is 0 Å². The summed E-state index contributed by atoms with van der Waals surface area (Å²) < 4.78 is 24.7. The van der Waals surface area contributed by atoms with Gasteiger partial charge in [-0.05, 0) is 44.5 Å². The van der Waals surface area contributed by atoms with Crippen molar-refractivity contribution in [3.8, 4) is 0 Å². The van der Waals surface area contributed by atoms with Crippen molar-refractivity contribution in [2.24, 2.45) is 0 Å². The van der Waals surface area contributed by atoms with Gasteiger partial charge in [0.25, 0.3) is 0 Å². The van der Waals surface area contributed by atoms with Gasteiger partial charge >= 0.3 is 0 Å². The van der Waals surface area contributed by atoms with Gasteiger partial charge in [-0.3, -0.25) is 9.52 Å². The van der Waals surface area contributed by atoms with Crippen molar-refractivity contribution in [3.63, 3.8) is 0 Å². The van der Waals surface area contributed by atoms with Crippen LogP contribution in [0.2, 0.25) is 0 Å². The summed E-state index contributed by atoms with van der Waals surface area (Å²) in [5.41, 5.74) is 2.77. The Morgan fingerprint density at radius 3 is 2.37 bits per heavy atom. The fourth-order valence-corrected chi connectivity index (χ4v) is 2.12. The van der Waals surface area contributed by atoms with Crippen molar-refractivity contribution < 1.29 is 13.2 Å². The third kappa shape index (κ3) is 5.56. The zero-order valence-corrected chi connectivity index (χ0v) is 12.3. The first-order valence-electron chi connectivity index (χ1n) is 5.72. The lowest BCUT2D eigenvalue weighted by Crippen LogP contribution is -2.12. The van der Waals surface area contributed by atoms with Crippen LogP contribution in [-0.2, 0) is 14.8 Å². The summed E-state index contributed by atoms with van der Waals surface area (Å²) >= 11 is 0. The molecule has 0 aliphatic heterocycles. The van der Waals surface area contributed by atoms with Crippen molar-refractivity contribution in [1.82, 2.24) is 0 Å². The lowest BCUT2D eigenvalue weighted by Gasteiger charge is -2.10. The third-order valence-corrected chi connectivity index (χ3v) is 2.80. The lowest BCUT2D eigenvalue weighted by molar-refractivity contribution is -0.111. The summed E-state index contributed by atoms with van der Waals surface area (Å²) in [5.74, 6) is -0.205. The Hall–Kier alpha value is -1.82. The van der Waals surface area contributed by atoms with E-state index in [2.05, 4.69) is 10.0 Å². The number of hydrogen-bond acceptors (Lipinski definition) is 3. The molecule has 0 fully saturated rings. The Balaban J connectivity index is 2.89. The first-order chi connectivity index (χ1) is 8.67. The zero-order chi connectivity index (χ0) is 14.6. The summed E-state index contributed by atoms with van der Waals surface area (Å²) in [6.07, 6.45) is 2.59. The summed E-state index contributed by atoms with van der Waals surface area (Å²) in [5, 5.41) is 2.71. The van der Waals surface area contributed by atoms with Crippen molar-refractivity contribution in [2.45, 2.75) is 20.8 Å². The second-order valence-corrected chi connectivity index (χ2v) is 6.36. The molecule has 0 unspecified atom stereocenters. The molecule has 0 atom stereocenters. The molecule has 0 saturated heterocycles. The van der Waals surface area contributed by atoms with Gasteiger partial charge < -0.3 is 5.32 Å². The minimum atomic E-state index is -3.30. The molecule has 0 aliphatic carbocycles. The van der Waals surface area contributed by atoms with Gasteiger partial charge in [-0.2, -0.15) is 0 Å². The van der Waals surface area contributed by atoms with E-state index in [-0.39, 0.29) is 5.91 Å². The molecule has 1 rings (SSSR count). The molecular formula is C13H18N2O3S. The molecule has 1 amide bonds. The van der Waals surface area contributed by atoms with Gasteiger partial charge in [0.05, 0.1) is 11.9 Å². The van der Waals surface area contributed by atoms with E-state index in [0.717, 1.165) is 17.4 Å². The van der Waals surface area contributed by atoms with E-state index in [1.54, 1.807) is 25.1 Å². The first-order valence-corrected chi connectivity index (χ1v) is 7.61. The van der Waals surface area contributed by atoms with Gasteiger partial charge in [-0.1, -0.05) is 5.57 Å². The number of benzene rings is 1. The van der Waals surface area contributed by atoms with Crippen LogP contribution >= 0.6 is 0 Å². The van der Waals surface area contributed by atoms with E-state index in [1.807, 2.05) is 13.8 Å². The molecule has 0 heterocycles. The molecule has 0 aliphatic rings. The Morgan fingerprint density at radius 1 is 1.26 bits per heavy atom. The van der Waals surface area contributed by atoms with Crippen LogP contribution in [-0.4, -0.2) is 20.6 Å². The number of amides is 1. The van der Waals surface area contributed by atoms with E-state index < -0.39 is 10.0 Å². The Labute approximate surface area is 113 Å². The number of nitrogens with one attached hydrogen (secondary N) is 2. The topological polar surface area (TPSA) is 75.3 Å². The minimum Gasteiger partial charge on any atom is -0.323 e. The average molecular weight is 282 g/mol. The highest BCUT2D eigenvalue weighted by atomic mass is 32.2. The number of allylic oxidation sites excluding steroid dienone is 1. The maximum Gasteiger partial charge on any atom is 0.248 e. The molecule has 1 aromatic rings. The summed E-state index contributed by atoms with van der Waals surface area (Å²) in [6, 6.07) is 4.98. The SMILES string of the molecule is CC(C)=CC(=O)Nc1ccc(NS(C)(=O)=O)c(C)c1. The Kier molecular flexibility index (Phi) is 4.72. The predicted octanol–water partition coefficient (Wildman–Crippen LogP) is 2.27. The van der Waals surface area contributed by atoms with Crippen LogP contribution < -0.4 is 10.0 Å². The molecule has 0 saturated carbocycles. The number of sulfonamides is 1. The number of carbonyl (C=O) groups is 1. The molecule has 19 heavy (non-hydrogen) atoms. The predicted molar refractivity (Wildman–Crippen MR) is 77.7 cm³/mol. The van der Waals surface area contributed by atoms with Crippen molar-refractivity contribution in [3.05, 3.63) is 35.4 Å². The van der Waals surface area contributed by atoms with E-state index in [9.17, 15) is 13.2 Å². The number of anilines is 2. The molecule has 0 aromatic heterocycles. The zero-order valence-electron chi connectivity index (χ0n) is 11.4. The van der Waals surface area contributed by atoms with E-state index in [0.29, 0.717) is 11.4 Å². The normalized spacial score (nSPS) is 10.7. The number of aryl methyl sites for hydroxylation is 1. The second kappa shape index (κ2) is 5.88. The van der Waals surface area contributed by atoms with Crippen LogP contribution in [0.1, 0.15) is 19.4 Å². The van der Waals surface area contributed by atoms with E-state index in [4.69, 9.17) is 0 Å². The summed E-state index contributed by atoms with van der Waals surface area (Å²) in [7, 11) is -3.30. The highest BCUT2D eigenvalue weighted by Crippen LogP contribution is 2.20. The van der Waals surface area contributed by atoms with Crippen LogP contribution in [0.5, 0.6) is 0 Å². The molecule has 2 N–H and O–H groups in total. The Morgan fingerprint density at radius 2 is 1.89 bits per heavy atom. The first kappa shape index (κ1) is 15.2. The molecule has 0 radical (unpaired) electrons. The lowest BCUT2D eigenvalue weighted by atomic mass is 10.2. The van der Waals surface area contributed by atoms with E-state index in [1.165, 1.54) is 6.08 Å². The van der Waals surface area contributed by atoms with Crippen LogP contribution in [0.15, 0.2) is 29.8 Å². The summed E-state index contributed by atoms with van der Waals surface area (Å²) in [4.78, 5) is 11.5. The molecule has 0 spiro atoms. The van der Waals surface area contributed by atoms with E-state index >= 15 is 0 Å². The highest BCUT2D eigenvalue weighted by Gasteiger charge is 2.06. The number of hydrogen-bond donors (Lipinski definition) is 2. The molecule has 104 valence electrons. The fraction of sp³-hybridized carbons (Fsp3) is 0.308. The fourth-order valence-electron chi connectivity index (χ4n) is 1.50. The second-order valence-electron chi connectivity index (χ2n) is 4.61. The van der Waals surface area contributed by atoms with Gasteiger partial charge in [0.2, 0.25) is 15.9 Å². The van der Waals surface area contributed by atoms with Gasteiger partial charge in [0, 0.05) is 11.8 Å². The van der Waals surface area contributed by atoms with Crippen LogP contribution in [0.3, 0.4) is 0 Å². The molecular weight excluding hydrogens is 264 g/mol. The number of carbonyl (C=O) groups excluding carboxylic acids is 1. The standard InChI is InChI=1S/C13H18N2O3S/c1-9(2)7-13(16)14-11-5-6-12(10(3)8-11)15-19(4,17)18/h5-8,15H,1-4H3,(H,14,16). The highest BCUT2D eigenvalue weighted by molar-refractivity contribution is 7.92. The van der Waals surface area contributed by atoms with Gasteiger partial charge in [-0.25, -0.2) is 8.42 Å². The Bertz CT molecular complexity index is 615. The van der Waals surface area contributed by atoms with Crippen LogP contribution in [0.25, 0.3) is 0 Å². The molecule has 5 nitrogen and oxygen atoms in total. The number of rotatable bonds is 4. The maximum absolute atomic E-state index is 11.5. The van der Waals surface area contributed by atoms with Crippen molar-refractivity contribution in [2.75, 3.05) is 16.3 Å². The monoisotopic (exact) mass is 282 g/mol. The average Bonchev–Trinajstić information content (AvgIpc) is 2.19. The summed E-state index contributed by atoms with van der Waals surface area (Å²) in [6.45, 7) is 5.44. The molecule has 6 heteroatoms. The van der Waals surface area contributed by atoms with Crippen molar-refractivity contribution >= 4 is 27.3 Å². The van der Waals surface area contributed by atoms with Crippen LogP contribution in [0.4, 0.5) is 11.4 Å². The largest absolute Gasteiger partial charge is 0.323 e. The van der Waals surface area contributed by atoms with Crippen molar-refractivity contribution in [1.29, 1.82) is 0 Å². The third-order valence-electron chi connectivity index (χ3n) is 2.21. The molecule has 1 aromatic carbocycles. The van der Waals surface area contributed by atoms with Gasteiger partial charge in [-0.15, -0.1) is 0 Å². The smallest absolute Gasteiger partial charge is 0.248 e. The maximum atomic E-state index is 11.5. The molecule has 0 bridgehead atoms. The quantitative estimate of drug-likeness (QED) is 0.832. The van der Waals surface area contributed by atoms with Crippen LogP contribution in [0, 0.1) is 6.92 Å². The minimum absolute atomic E-state index is 0.205.